The van der Waals surface area contributed by atoms with E-state index >= 15 is 0 Å². The molecule has 0 radical (unpaired) electrons. The zero-order valence-corrected chi connectivity index (χ0v) is 10.4. The minimum absolute atomic E-state index is 0.179. The Kier molecular flexibility index (Phi) is 3.59. The predicted molar refractivity (Wildman–Crippen MR) is 64.0 cm³/mol. The minimum Gasteiger partial charge on any atom is -0.341 e. The zero-order chi connectivity index (χ0) is 11.5. The number of rotatable bonds is 3. The average Bonchev–Trinajstić information content (AvgIpc) is 2.54. The number of halogens is 2. The lowest BCUT2D eigenvalue weighted by Crippen LogP contribution is -2.27. The number of hydrogen-bond donors (Lipinski definition) is 0. The Morgan fingerprint density at radius 1 is 1.50 bits per heavy atom. The van der Waals surface area contributed by atoms with Gasteiger partial charge in [-0.15, -0.1) is 0 Å². The van der Waals surface area contributed by atoms with E-state index in [-0.39, 0.29) is 16.6 Å². The summed E-state index contributed by atoms with van der Waals surface area (Å²) in [6.07, 6.45) is 1.28. The molecule has 1 aliphatic rings. The molecule has 1 fully saturated rings. The van der Waals surface area contributed by atoms with Gasteiger partial charge in [-0.1, -0.05) is 28.1 Å². The van der Waals surface area contributed by atoms with Crippen LogP contribution in [0.3, 0.4) is 0 Å². The number of nitrogens with zero attached hydrogens (tertiary/aromatic N) is 1. The molecule has 1 unspecified atom stereocenters. The number of benzene rings is 1. The standard InChI is InChI=1S/C12H13BrFNO/c13-10-7-12(16)15(8-10)5-4-9-2-1-3-11(14)6-9/h1-3,6,10H,4-5,7-8H2. The Balaban J connectivity index is 1.90. The van der Waals surface area contributed by atoms with E-state index in [2.05, 4.69) is 15.9 Å². The molecule has 0 N–H and O–H groups in total. The highest BCUT2D eigenvalue weighted by Crippen LogP contribution is 2.18. The first kappa shape index (κ1) is 11.6. The molecule has 0 aliphatic carbocycles. The SMILES string of the molecule is O=C1CC(Br)CN1CCc1cccc(F)c1. The van der Waals surface area contributed by atoms with Crippen molar-refractivity contribution >= 4 is 21.8 Å². The molecule has 0 aromatic heterocycles. The molecule has 2 nitrogen and oxygen atoms in total. The van der Waals surface area contributed by atoms with E-state index < -0.39 is 0 Å². The van der Waals surface area contributed by atoms with Crippen molar-refractivity contribution in [3.8, 4) is 0 Å². The Morgan fingerprint density at radius 2 is 2.31 bits per heavy atom. The van der Waals surface area contributed by atoms with Gasteiger partial charge in [-0.2, -0.15) is 0 Å². The Labute approximate surface area is 103 Å². The fraction of sp³-hybridized carbons (Fsp3) is 0.417. The van der Waals surface area contributed by atoms with E-state index in [1.807, 2.05) is 11.0 Å². The third-order valence-electron chi connectivity index (χ3n) is 2.73. The fourth-order valence-corrected chi connectivity index (χ4v) is 2.52. The number of hydrogen-bond acceptors (Lipinski definition) is 1. The molecule has 1 saturated heterocycles. The molecule has 1 aromatic carbocycles. The Bertz CT molecular complexity index is 396. The van der Waals surface area contributed by atoms with Crippen molar-refractivity contribution in [1.29, 1.82) is 0 Å². The molecular formula is C12H13BrFNO. The molecule has 86 valence electrons. The second-order valence-corrected chi connectivity index (χ2v) is 5.32. The van der Waals surface area contributed by atoms with E-state index in [1.165, 1.54) is 12.1 Å². The summed E-state index contributed by atoms with van der Waals surface area (Å²) in [6, 6.07) is 6.53. The van der Waals surface area contributed by atoms with E-state index in [0.717, 1.165) is 12.1 Å². The Hall–Kier alpha value is -0.900. The van der Waals surface area contributed by atoms with Gasteiger partial charge in [0.15, 0.2) is 0 Å². The molecule has 0 bridgehead atoms. The molecule has 0 spiro atoms. The van der Waals surface area contributed by atoms with E-state index in [0.29, 0.717) is 19.4 Å². The van der Waals surface area contributed by atoms with Crippen LogP contribution in [-0.2, 0) is 11.2 Å². The summed E-state index contributed by atoms with van der Waals surface area (Å²) in [6.45, 7) is 1.43. The normalized spacial score (nSPS) is 20.5. The van der Waals surface area contributed by atoms with Crippen molar-refractivity contribution in [1.82, 2.24) is 4.90 Å². The summed E-state index contributed by atoms with van der Waals surface area (Å²) in [5, 5.41) is 0. The topological polar surface area (TPSA) is 20.3 Å². The number of carbonyl (C=O) groups is 1. The van der Waals surface area contributed by atoms with Crippen LogP contribution in [0, 0.1) is 5.82 Å². The largest absolute Gasteiger partial charge is 0.341 e. The van der Waals surface area contributed by atoms with Gasteiger partial charge in [0.1, 0.15) is 5.82 Å². The number of likely N-dealkylation sites (tertiary alicyclic amines) is 1. The summed E-state index contributed by atoms with van der Waals surface area (Å²) in [4.78, 5) is 13.6. The monoisotopic (exact) mass is 285 g/mol. The predicted octanol–water partition coefficient (Wildman–Crippen LogP) is 2.36. The van der Waals surface area contributed by atoms with Crippen molar-refractivity contribution in [2.75, 3.05) is 13.1 Å². The van der Waals surface area contributed by atoms with E-state index in [9.17, 15) is 9.18 Å². The molecule has 1 amide bonds. The molecule has 4 heteroatoms. The van der Waals surface area contributed by atoms with Gasteiger partial charge in [0.2, 0.25) is 5.91 Å². The number of carbonyl (C=O) groups excluding carboxylic acids is 1. The number of alkyl halides is 1. The second-order valence-electron chi connectivity index (χ2n) is 4.02. The molecule has 1 aliphatic heterocycles. The van der Waals surface area contributed by atoms with Crippen molar-refractivity contribution < 1.29 is 9.18 Å². The Morgan fingerprint density at radius 3 is 2.94 bits per heavy atom. The van der Waals surface area contributed by atoms with Crippen LogP contribution in [0.2, 0.25) is 0 Å². The summed E-state index contributed by atoms with van der Waals surface area (Å²) in [7, 11) is 0. The van der Waals surface area contributed by atoms with Crippen LogP contribution in [0.15, 0.2) is 24.3 Å². The third kappa shape index (κ3) is 2.82. The maximum atomic E-state index is 12.9. The van der Waals surface area contributed by atoms with Crippen LogP contribution in [0.4, 0.5) is 4.39 Å². The summed E-state index contributed by atoms with van der Waals surface area (Å²) >= 11 is 3.43. The van der Waals surface area contributed by atoms with E-state index in [1.54, 1.807) is 6.07 Å². The molecule has 1 aromatic rings. The molecule has 1 atom stereocenters. The van der Waals surface area contributed by atoms with Gasteiger partial charge < -0.3 is 4.90 Å². The molecule has 16 heavy (non-hydrogen) atoms. The maximum Gasteiger partial charge on any atom is 0.223 e. The summed E-state index contributed by atoms with van der Waals surface area (Å²) in [5.74, 6) is -0.0399. The molecule has 2 rings (SSSR count). The highest BCUT2D eigenvalue weighted by Gasteiger charge is 2.26. The highest BCUT2D eigenvalue weighted by atomic mass is 79.9. The average molecular weight is 286 g/mol. The van der Waals surface area contributed by atoms with Gasteiger partial charge in [0, 0.05) is 24.3 Å². The summed E-state index contributed by atoms with van der Waals surface area (Å²) < 4.78 is 12.9. The van der Waals surface area contributed by atoms with Crippen LogP contribution in [0.5, 0.6) is 0 Å². The zero-order valence-electron chi connectivity index (χ0n) is 8.83. The first-order valence-corrected chi connectivity index (χ1v) is 6.23. The lowest BCUT2D eigenvalue weighted by Gasteiger charge is -2.15. The number of amides is 1. The molecule has 0 saturated carbocycles. The van der Waals surface area contributed by atoms with Crippen molar-refractivity contribution in [3.63, 3.8) is 0 Å². The van der Waals surface area contributed by atoms with Crippen molar-refractivity contribution in [3.05, 3.63) is 35.6 Å². The first-order valence-electron chi connectivity index (χ1n) is 5.31. The van der Waals surface area contributed by atoms with Gasteiger partial charge in [0.25, 0.3) is 0 Å². The fourth-order valence-electron chi connectivity index (χ4n) is 1.90. The quantitative estimate of drug-likeness (QED) is 0.781. The van der Waals surface area contributed by atoms with Gasteiger partial charge in [0.05, 0.1) is 0 Å². The second kappa shape index (κ2) is 4.95. The maximum absolute atomic E-state index is 12.9. The van der Waals surface area contributed by atoms with Crippen LogP contribution in [0.25, 0.3) is 0 Å². The molecule has 1 heterocycles. The highest BCUT2D eigenvalue weighted by molar-refractivity contribution is 9.09. The van der Waals surface area contributed by atoms with Gasteiger partial charge >= 0.3 is 0 Å². The summed E-state index contributed by atoms with van der Waals surface area (Å²) in [5.41, 5.74) is 0.936. The third-order valence-corrected chi connectivity index (χ3v) is 3.34. The minimum atomic E-state index is -0.219. The van der Waals surface area contributed by atoms with Crippen LogP contribution in [0.1, 0.15) is 12.0 Å². The van der Waals surface area contributed by atoms with Gasteiger partial charge in [-0.05, 0) is 24.1 Å². The van der Waals surface area contributed by atoms with Crippen molar-refractivity contribution in [2.24, 2.45) is 0 Å². The first-order chi connectivity index (χ1) is 7.65. The smallest absolute Gasteiger partial charge is 0.223 e. The van der Waals surface area contributed by atoms with Crippen LogP contribution < -0.4 is 0 Å². The molecular weight excluding hydrogens is 273 g/mol. The van der Waals surface area contributed by atoms with Crippen LogP contribution in [-0.4, -0.2) is 28.7 Å². The van der Waals surface area contributed by atoms with Crippen molar-refractivity contribution in [2.45, 2.75) is 17.7 Å². The van der Waals surface area contributed by atoms with Gasteiger partial charge in [-0.25, -0.2) is 4.39 Å². The lowest BCUT2D eigenvalue weighted by molar-refractivity contribution is -0.127. The van der Waals surface area contributed by atoms with Crippen LogP contribution >= 0.6 is 15.9 Å². The lowest BCUT2D eigenvalue weighted by atomic mass is 10.1. The van der Waals surface area contributed by atoms with E-state index in [4.69, 9.17) is 0 Å². The van der Waals surface area contributed by atoms with Gasteiger partial charge in [-0.3, -0.25) is 4.79 Å².